The summed E-state index contributed by atoms with van der Waals surface area (Å²) in [6.45, 7) is 4.67. The SMILES string of the molecule is COc1ccc(S(=O)(=O)N(C)c2ccc(C(=O)NCCOc3cc(C)cc(C)c3)cc2)cc1OC. The molecule has 0 saturated carbocycles. The summed E-state index contributed by atoms with van der Waals surface area (Å²) in [6, 6.07) is 16.7. The molecule has 0 heterocycles. The van der Waals surface area contributed by atoms with E-state index in [2.05, 4.69) is 11.4 Å². The Bertz CT molecular complexity index is 1270. The summed E-state index contributed by atoms with van der Waals surface area (Å²) in [5.41, 5.74) is 3.05. The fourth-order valence-electron chi connectivity index (χ4n) is 3.55. The van der Waals surface area contributed by atoms with Crippen molar-refractivity contribution in [2.45, 2.75) is 18.7 Å². The highest BCUT2D eigenvalue weighted by molar-refractivity contribution is 7.92. The number of ether oxygens (including phenoxy) is 3. The number of benzene rings is 3. The molecular weight excluding hydrogens is 468 g/mol. The molecule has 3 aromatic carbocycles. The predicted molar refractivity (Wildman–Crippen MR) is 135 cm³/mol. The van der Waals surface area contributed by atoms with Gasteiger partial charge in [0, 0.05) is 18.7 Å². The van der Waals surface area contributed by atoms with Crippen molar-refractivity contribution in [1.82, 2.24) is 5.32 Å². The molecule has 3 aromatic rings. The van der Waals surface area contributed by atoms with E-state index >= 15 is 0 Å². The first-order valence-electron chi connectivity index (χ1n) is 11.0. The number of rotatable bonds is 10. The number of aryl methyl sites for hydroxylation is 2. The van der Waals surface area contributed by atoms with E-state index in [0.29, 0.717) is 35.9 Å². The van der Waals surface area contributed by atoms with Gasteiger partial charge in [0.05, 0.1) is 31.3 Å². The van der Waals surface area contributed by atoms with Gasteiger partial charge in [-0.25, -0.2) is 8.42 Å². The summed E-state index contributed by atoms with van der Waals surface area (Å²) in [5, 5.41) is 2.81. The zero-order chi connectivity index (χ0) is 25.6. The Morgan fingerprint density at radius 1 is 0.886 bits per heavy atom. The van der Waals surface area contributed by atoms with Gasteiger partial charge in [-0.3, -0.25) is 9.10 Å². The number of carbonyl (C=O) groups is 1. The monoisotopic (exact) mass is 498 g/mol. The molecule has 35 heavy (non-hydrogen) atoms. The maximum absolute atomic E-state index is 13.1. The molecule has 0 fully saturated rings. The molecule has 0 radical (unpaired) electrons. The first kappa shape index (κ1) is 25.9. The number of sulfonamides is 1. The van der Waals surface area contributed by atoms with Gasteiger partial charge in [-0.05, 0) is 73.5 Å². The Morgan fingerprint density at radius 3 is 2.11 bits per heavy atom. The normalized spacial score (nSPS) is 11.0. The van der Waals surface area contributed by atoms with E-state index < -0.39 is 10.0 Å². The number of carbonyl (C=O) groups excluding carboxylic acids is 1. The Balaban J connectivity index is 1.61. The topological polar surface area (TPSA) is 94.2 Å². The lowest BCUT2D eigenvalue weighted by molar-refractivity contribution is 0.0947. The van der Waals surface area contributed by atoms with Crippen LogP contribution in [0.5, 0.6) is 17.2 Å². The molecule has 0 spiro atoms. The fraction of sp³-hybridized carbons (Fsp3) is 0.269. The smallest absolute Gasteiger partial charge is 0.264 e. The van der Waals surface area contributed by atoms with Gasteiger partial charge in [0.2, 0.25) is 0 Å². The molecular formula is C26H30N2O6S. The third-order valence-corrected chi connectivity index (χ3v) is 7.14. The molecule has 9 heteroatoms. The first-order valence-corrected chi connectivity index (χ1v) is 12.4. The molecule has 0 bridgehead atoms. The fourth-order valence-corrected chi connectivity index (χ4v) is 4.76. The van der Waals surface area contributed by atoms with Crippen molar-refractivity contribution in [1.29, 1.82) is 0 Å². The number of hydrogen-bond donors (Lipinski definition) is 1. The molecule has 3 rings (SSSR count). The third-order valence-electron chi connectivity index (χ3n) is 5.36. The van der Waals surface area contributed by atoms with Crippen molar-refractivity contribution in [3.63, 3.8) is 0 Å². The lowest BCUT2D eigenvalue weighted by Gasteiger charge is -2.20. The van der Waals surface area contributed by atoms with Crippen LogP contribution in [-0.2, 0) is 10.0 Å². The number of hydrogen-bond acceptors (Lipinski definition) is 6. The summed E-state index contributed by atoms with van der Waals surface area (Å²) in [6.07, 6.45) is 0. The highest BCUT2D eigenvalue weighted by Crippen LogP contribution is 2.31. The predicted octanol–water partition coefficient (Wildman–Crippen LogP) is 3.95. The lowest BCUT2D eigenvalue weighted by atomic mass is 10.1. The Morgan fingerprint density at radius 2 is 1.51 bits per heavy atom. The molecule has 0 aliphatic carbocycles. The largest absolute Gasteiger partial charge is 0.493 e. The van der Waals surface area contributed by atoms with Crippen molar-refractivity contribution < 1.29 is 27.4 Å². The van der Waals surface area contributed by atoms with Gasteiger partial charge in [0.15, 0.2) is 11.5 Å². The van der Waals surface area contributed by atoms with Gasteiger partial charge >= 0.3 is 0 Å². The van der Waals surface area contributed by atoms with Crippen LogP contribution in [0.25, 0.3) is 0 Å². The van der Waals surface area contributed by atoms with E-state index in [1.165, 1.54) is 39.5 Å². The highest BCUT2D eigenvalue weighted by Gasteiger charge is 2.23. The van der Waals surface area contributed by atoms with Gasteiger partial charge in [0.1, 0.15) is 12.4 Å². The molecule has 0 aromatic heterocycles. The van der Waals surface area contributed by atoms with E-state index in [1.54, 1.807) is 24.3 Å². The molecule has 0 aliphatic rings. The van der Waals surface area contributed by atoms with Crippen LogP contribution < -0.4 is 23.8 Å². The second-order valence-corrected chi connectivity index (χ2v) is 9.93. The van der Waals surface area contributed by atoms with Gasteiger partial charge in [0.25, 0.3) is 15.9 Å². The minimum Gasteiger partial charge on any atom is -0.493 e. The van der Waals surface area contributed by atoms with Gasteiger partial charge in [-0.15, -0.1) is 0 Å². The van der Waals surface area contributed by atoms with Crippen LogP contribution in [0.2, 0.25) is 0 Å². The lowest BCUT2D eigenvalue weighted by Crippen LogP contribution is -2.28. The van der Waals surface area contributed by atoms with Crippen LogP contribution in [0.15, 0.2) is 65.6 Å². The molecule has 0 atom stereocenters. The van der Waals surface area contributed by atoms with Crippen LogP contribution in [0.1, 0.15) is 21.5 Å². The number of amides is 1. The van der Waals surface area contributed by atoms with Crippen LogP contribution in [0.3, 0.4) is 0 Å². The van der Waals surface area contributed by atoms with Crippen molar-refractivity contribution in [3.8, 4) is 17.2 Å². The van der Waals surface area contributed by atoms with Crippen molar-refractivity contribution in [3.05, 3.63) is 77.4 Å². The average Bonchev–Trinajstić information content (AvgIpc) is 2.85. The molecule has 1 N–H and O–H groups in total. The maximum atomic E-state index is 13.1. The minimum atomic E-state index is -3.85. The Kier molecular flexibility index (Phi) is 8.24. The van der Waals surface area contributed by atoms with Crippen LogP contribution >= 0.6 is 0 Å². The minimum absolute atomic E-state index is 0.0586. The second-order valence-electron chi connectivity index (χ2n) is 7.96. The summed E-state index contributed by atoms with van der Waals surface area (Å²) in [7, 11) is 0.520. The highest BCUT2D eigenvalue weighted by atomic mass is 32.2. The van der Waals surface area contributed by atoms with Gasteiger partial charge < -0.3 is 19.5 Å². The Hall–Kier alpha value is -3.72. The van der Waals surface area contributed by atoms with Gasteiger partial charge in [-0.1, -0.05) is 6.07 Å². The number of nitrogens with one attached hydrogen (secondary N) is 1. The molecule has 0 aliphatic heterocycles. The molecule has 1 amide bonds. The maximum Gasteiger partial charge on any atom is 0.264 e. The molecule has 186 valence electrons. The second kappa shape index (κ2) is 11.1. The summed E-state index contributed by atoms with van der Waals surface area (Å²) < 4.78 is 43.4. The van der Waals surface area contributed by atoms with E-state index in [-0.39, 0.29) is 10.8 Å². The number of methoxy groups -OCH3 is 2. The Labute approximate surface area is 206 Å². The summed E-state index contributed by atoms with van der Waals surface area (Å²) in [4.78, 5) is 12.5. The van der Waals surface area contributed by atoms with Crippen LogP contribution in [0.4, 0.5) is 5.69 Å². The van der Waals surface area contributed by atoms with E-state index in [0.717, 1.165) is 21.2 Å². The van der Waals surface area contributed by atoms with Crippen LogP contribution in [-0.4, -0.2) is 48.7 Å². The zero-order valence-corrected chi connectivity index (χ0v) is 21.3. The zero-order valence-electron chi connectivity index (χ0n) is 20.5. The van der Waals surface area contributed by atoms with E-state index in [1.807, 2.05) is 26.0 Å². The van der Waals surface area contributed by atoms with Crippen LogP contribution in [0, 0.1) is 13.8 Å². The number of anilines is 1. The van der Waals surface area contributed by atoms with E-state index in [4.69, 9.17) is 14.2 Å². The van der Waals surface area contributed by atoms with Gasteiger partial charge in [-0.2, -0.15) is 0 Å². The standard InChI is InChI=1S/C26H30N2O6S/c1-18-14-19(2)16-22(15-18)34-13-12-27-26(29)20-6-8-21(9-7-20)28(3)35(30,31)23-10-11-24(32-4)25(17-23)33-5/h6-11,14-17H,12-13H2,1-5H3,(H,27,29). The quantitative estimate of drug-likeness (QED) is 0.426. The molecule has 8 nitrogen and oxygen atoms in total. The summed E-state index contributed by atoms with van der Waals surface area (Å²) in [5.74, 6) is 1.24. The summed E-state index contributed by atoms with van der Waals surface area (Å²) >= 11 is 0. The van der Waals surface area contributed by atoms with Crippen molar-refractivity contribution >= 4 is 21.6 Å². The average molecular weight is 499 g/mol. The van der Waals surface area contributed by atoms with Crippen molar-refractivity contribution in [2.75, 3.05) is 38.7 Å². The number of nitrogens with zero attached hydrogens (tertiary/aromatic N) is 1. The third kappa shape index (κ3) is 6.24. The van der Waals surface area contributed by atoms with E-state index in [9.17, 15) is 13.2 Å². The van der Waals surface area contributed by atoms with Crippen molar-refractivity contribution in [2.24, 2.45) is 0 Å². The molecule has 0 unspecified atom stereocenters. The molecule has 0 saturated heterocycles. The first-order chi connectivity index (χ1) is 16.6.